The number of aromatic carboxylic acids is 2. The average molecular weight is 376 g/mol. The number of hydrogen-bond acceptors (Lipinski definition) is 4. The van der Waals surface area contributed by atoms with E-state index in [1.54, 1.807) is 43.3 Å². The summed E-state index contributed by atoms with van der Waals surface area (Å²) in [6.07, 6.45) is 0.222. The molecule has 0 bridgehead atoms. The number of aliphatic carboxylic acids is 2. The van der Waals surface area contributed by atoms with Crippen molar-refractivity contribution in [2.45, 2.75) is 20.3 Å². The molecule has 0 aromatic heterocycles. The summed E-state index contributed by atoms with van der Waals surface area (Å²) in [6.45, 7) is 2.68. The smallest absolute Gasteiger partial charge is 0.336 e. The van der Waals surface area contributed by atoms with Crippen LogP contribution in [0.3, 0.4) is 0 Å². The Labute approximate surface area is 155 Å². The standard InChI is InChI=1S/C14H10O4.C3H6O2.C2H4O2/c15-13(16)11-7-3-1-5-9(11)10-6-2-4-8-12(10)14(17)18;1-2-3(4)5;1-2(3)4/h1-8H,(H,15,16)(H,17,18);2H2,1H3,(H,4,5);1H3,(H,3,4). The molecule has 0 atom stereocenters. The minimum absolute atomic E-state index is 0.0891. The summed E-state index contributed by atoms with van der Waals surface area (Å²) in [4.78, 5) is 40.6. The van der Waals surface area contributed by atoms with Gasteiger partial charge in [-0.3, -0.25) is 9.59 Å². The first-order valence-corrected chi connectivity index (χ1v) is 7.68. The molecule has 0 aliphatic heterocycles. The molecule has 0 saturated carbocycles. The van der Waals surface area contributed by atoms with Crippen molar-refractivity contribution in [2.75, 3.05) is 0 Å². The Kier molecular flexibility index (Phi) is 10.2. The molecule has 4 N–H and O–H groups in total. The highest BCUT2D eigenvalue weighted by Gasteiger charge is 2.16. The number of rotatable bonds is 4. The summed E-state index contributed by atoms with van der Waals surface area (Å²) in [5, 5.41) is 33.4. The van der Waals surface area contributed by atoms with E-state index in [9.17, 15) is 14.4 Å². The lowest BCUT2D eigenvalue weighted by Gasteiger charge is -2.08. The molecule has 8 nitrogen and oxygen atoms in total. The minimum Gasteiger partial charge on any atom is -0.481 e. The molecule has 0 amide bonds. The normalized spacial score (nSPS) is 8.96. The first kappa shape index (κ1) is 23.3. The second-order valence-corrected chi connectivity index (χ2v) is 4.97. The van der Waals surface area contributed by atoms with Crippen molar-refractivity contribution >= 4 is 23.9 Å². The van der Waals surface area contributed by atoms with Crippen LogP contribution in [-0.4, -0.2) is 44.3 Å². The predicted octanol–water partition coefficient (Wildman–Crippen LogP) is 3.32. The van der Waals surface area contributed by atoms with E-state index in [0.29, 0.717) is 11.1 Å². The highest BCUT2D eigenvalue weighted by atomic mass is 16.4. The lowest BCUT2D eigenvalue weighted by atomic mass is 9.95. The molecule has 0 aliphatic rings. The van der Waals surface area contributed by atoms with Gasteiger partial charge in [0.25, 0.3) is 5.97 Å². The van der Waals surface area contributed by atoms with E-state index in [0.717, 1.165) is 6.92 Å². The van der Waals surface area contributed by atoms with Crippen molar-refractivity contribution in [3.8, 4) is 11.1 Å². The largest absolute Gasteiger partial charge is 0.481 e. The van der Waals surface area contributed by atoms with E-state index in [-0.39, 0.29) is 17.5 Å². The van der Waals surface area contributed by atoms with Crippen LogP contribution in [0, 0.1) is 0 Å². The van der Waals surface area contributed by atoms with Crippen molar-refractivity contribution in [1.82, 2.24) is 0 Å². The van der Waals surface area contributed by atoms with Crippen LogP contribution in [0.15, 0.2) is 48.5 Å². The number of carbonyl (C=O) groups is 4. The van der Waals surface area contributed by atoms with Gasteiger partial charge < -0.3 is 20.4 Å². The maximum Gasteiger partial charge on any atom is 0.336 e. The van der Waals surface area contributed by atoms with Crippen LogP contribution in [0.1, 0.15) is 41.0 Å². The van der Waals surface area contributed by atoms with Crippen LogP contribution in [-0.2, 0) is 9.59 Å². The highest BCUT2D eigenvalue weighted by molar-refractivity contribution is 6.02. The van der Waals surface area contributed by atoms with Crippen LogP contribution < -0.4 is 0 Å². The fourth-order valence-electron chi connectivity index (χ4n) is 1.81. The van der Waals surface area contributed by atoms with Crippen molar-refractivity contribution in [3.63, 3.8) is 0 Å². The zero-order valence-electron chi connectivity index (χ0n) is 14.7. The summed E-state index contributed by atoms with van der Waals surface area (Å²) in [5.74, 6) is -3.73. The second-order valence-electron chi connectivity index (χ2n) is 4.97. The van der Waals surface area contributed by atoms with Gasteiger partial charge in [0.05, 0.1) is 11.1 Å². The fraction of sp³-hybridized carbons (Fsp3) is 0.158. The van der Waals surface area contributed by atoms with Gasteiger partial charge in [0, 0.05) is 13.3 Å². The third-order valence-electron chi connectivity index (χ3n) is 2.91. The van der Waals surface area contributed by atoms with E-state index in [2.05, 4.69) is 0 Å². The van der Waals surface area contributed by atoms with Gasteiger partial charge >= 0.3 is 17.9 Å². The predicted molar refractivity (Wildman–Crippen MR) is 97.0 cm³/mol. The second kappa shape index (κ2) is 11.8. The monoisotopic (exact) mass is 376 g/mol. The molecule has 2 aromatic rings. The zero-order chi connectivity index (χ0) is 21.0. The van der Waals surface area contributed by atoms with Crippen molar-refractivity contribution in [3.05, 3.63) is 59.7 Å². The Morgan fingerprint density at radius 3 is 1.19 bits per heavy atom. The molecule has 27 heavy (non-hydrogen) atoms. The van der Waals surface area contributed by atoms with Crippen LogP contribution in [0.4, 0.5) is 0 Å². The average Bonchev–Trinajstić information content (AvgIpc) is 2.61. The minimum atomic E-state index is -1.08. The Balaban J connectivity index is 0.000000630. The van der Waals surface area contributed by atoms with Gasteiger partial charge in [0.1, 0.15) is 0 Å². The van der Waals surface area contributed by atoms with Gasteiger partial charge in [-0.05, 0) is 23.3 Å². The molecule has 0 aliphatic carbocycles. The molecule has 0 saturated heterocycles. The molecule has 2 rings (SSSR count). The van der Waals surface area contributed by atoms with E-state index in [1.807, 2.05) is 0 Å². The van der Waals surface area contributed by atoms with E-state index in [1.165, 1.54) is 12.1 Å². The van der Waals surface area contributed by atoms with E-state index < -0.39 is 23.9 Å². The number of hydrogen-bond donors (Lipinski definition) is 4. The molecule has 0 fully saturated rings. The van der Waals surface area contributed by atoms with Crippen molar-refractivity contribution in [2.24, 2.45) is 0 Å². The molecule has 144 valence electrons. The Morgan fingerprint density at radius 1 is 0.704 bits per heavy atom. The number of carboxylic acids is 4. The van der Waals surface area contributed by atoms with E-state index in [4.69, 9.17) is 25.2 Å². The first-order chi connectivity index (χ1) is 12.6. The molecule has 0 unspecified atom stereocenters. The molecule has 0 radical (unpaired) electrons. The Hall–Kier alpha value is -3.68. The maximum atomic E-state index is 11.1. The Morgan fingerprint density at radius 2 is 0.963 bits per heavy atom. The topological polar surface area (TPSA) is 149 Å². The molecule has 8 heteroatoms. The maximum absolute atomic E-state index is 11.1. The third kappa shape index (κ3) is 8.82. The van der Waals surface area contributed by atoms with Crippen LogP contribution in [0.2, 0.25) is 0 Å². The summed E-state index contributed by atoms with van der Waals surface area (Å²) in [7, 11) is 0. The van der Waals surface area contributed by atoms with Gasteiger partial charge in [-0.25, -0.2) is 9.59 Å². The van der Waals surface area contributed by atoms with Crippen LogP contribution >= 0.6 is 0 Å². The van der Waals surface area contributed by atoms with E-state index >= 15 is 0 Å². The van der Waals surface area contributed by atoms with Gasteiger partial charge in [-0.15, -0.1) is 0 Å². The highest BCUT2D eigenvalue weighted by Crippen LogP contribution is 2.27. The van der Waals surface area contributed by atoms with Gasteiger partial charge in [0.15, 0.2) is 0 Å². The molecule has 2 aromatic carbocycles. The SMILES string of the molecule is CC(=O)O.CCC(=O)O.O=C(O)c1ccccc1-c1ccccc1C(=O)O. The summed E-state index contributed by atoms with van der Waals surface area (Å²) in [6, 6.07) is 12.7. The van der Waals surface area contributed by atoms with Gasteiger partial charge in [0.2, 0.25) is 0 Å². The molecule has 0 heterocycles. The quantitative estimate of drug-likeness (QED) is 0.635. The number of benzene rings is 2. The summed E-state index contributed by atoms with van der Waals surface area (Å²) >= 11 is 0. The van der Waals surface area contributed by atoms with Crippen molar-refractivity contribution in [1.29, 1.82) is 0 Å². The number of carboxylic acid groups (broad SMARTS) is 4. The lowest BCUT2D eigenvalue weighted by molar-refractivity contribution is -0.137. The zero-order valence-corrected chi connectivity index (χ0v) is 14.7. The van der Waals surface area contributed by atoms with Crippen LogP contribution in [0.5, 0.6) is 0 Å². The fourth-order valence-corrected chi connectivity index (χ4v) is 1.81. The molecule has 0 spiro atoms. The van der Waals surface area contributed by atoms with Gasteiger partial charge in [-0.1, -0.05) is 43.3 Å². The lowest BCUT2D eigenvalue weighted by Crippen LogP contribution is -2.03. The third-order valence-corrected chi connectivity index (χ3v) is 2.91. The molecular weight excluding hydrogens is 356 g/mol. The van der Waals surface area contributed by atoms with Crippen molar-refractivity contribution < 1.29 is 39.6 Å². The summed E-state index contributed by atoms with van der Waals surface area (Å²) in [5.41, 5.74) is 0.989. The molecular formula is C19H20O8. The van der Waals surface area contributed by atoms with Crippen LogP contribution in [0.25, 0.3) is 11.1 Å². The van der Waals surface area contributed by atoms with Gasteiger partial charge in [-0.2, -0.15) is 0 Å². The summed E-state index contributed by atoms with van der Waals surface area (Å²) < 4.78 is 0. The Bertz CT molecular complexity index is 751. The first-order valence-electron chi connectivity index (χ1n) is 7.68.